The Bertz CT molecular complexity index is 402. The van der Waals surface area contributed by atoms with Crippen LogP contribution in [-0.2, 0) is 11.3 Å². The van der Waals surface area contributed by atoms with Crippen LogP contribution in [0.15, 0.2) is 10.5 Å². The average Bonchev–Trinajstić information content (AvgIpc) is 2.72. The first-order valence-corrected chi connectivity index (χ1v) is 6.57. The molecule has 1 aromatic heterocycles. The third-order valence-corrected chi connectivity index (χ3v) is 3.49. The van der Waals surface area contributed by atoms with Crippen molar-refractivity contribution in [2.24, 2.45) is 5.92 Å². The Labute approximate surface area is 107 Å². The molecule has 0 unspecified atom stereocenters. The van der Waals surface area contributed by atoms with Crippen molar-refractivity contribution in [3.8, 4) is 0 Å². The number of aromatic carboxylic acids is 1. The van der Waals surface area contributed by atoms with Gasteiger partial charge in [0.05, 0.1) is 0 Å². The lowest BCUT2D eigenvalue weighted by molar-refractivity contribution is 0.0579. The van der Waals surface area contributed by atoms with Gasteiger partial charge in [-0.1, -0.05) is 19.3 Å². The fraction of sp³-hybridized carbons (Fsp3) is 0.643. The average molecular weight is 252 g/mol. The van der Waals surface area contributed by atoms with Crippen LogP contribution in [0.25, 0.3) is 0 Å². The molecule has 1 heterocycles. The Morgan fingerprint density at radius 1 is 1.44 bits per heavy atom. The molecule has 0 aromatic carbocycles. The van der Waals surface area contributed by atoms with Crippen molar-refractivity contribution < 1.29 is 19.1 Å². The van der Waals surface area contributed by atoms with Crippen LogP contribution >= 0.6 is 0 Å². The first kappa shape index (κ1) is 13.1. The summed E-state index contributed by atoms with van der Waals surface area (Å²) in [5, 5.41) is 8.87. The molecular weight excluding hydrogens is 232 g/mol. The van der Waals surface area contributed by atoms with Gasteiger partial charge in [-0.3, -0.25) is 0 Å². The van der Waals surface area contributed by atoms with E-state index in [9.17, 15) is 4.79 Å². The smallest absolute Gasteiger partial charge is 0.372 e. The van der Waals surface area contributed by atoms with Gasteiger partial charge in [0.1, 0.15) is 12.4 Å². The largest absolute Gasteiger partial charge is 0.475 e. The van der Waals surface area contributed by atoms with Crippen LogP contribution in [0.4, 0.5) is 0 Å². The molecule has 1 N–H and O–H groups in total. The van der Waals surface area contributed by atoms with Crippen molar-refractivity contribution in [1.82, 2.24) is 0 Å². The Kier molecular flexibility index (Phi) is 4.42. The molecule has 0 atom stereocenters. The van der Waals surface area contributed by atoms with Gasteiger partial charge in [0.2, 0.25) is 5.76 Å². The molecule has 0 radical (unpaired) electrons. The van der Waals surface area contributed by atoms with Gasteiger partial charge >= 0.3 is 5.97 Å². The Balaban J connectivity index is 1.79. The molecule has 4 heteroatoms. The van der Waals surface area contributed by atoms with E-state index in [1.165, 1.54) is 32.1 Å². The van der Waals surface area contributed by atoms with Gasteiger partial charge in [0, 0.05) is 12.2 Å². The second-order valence-corrected chi connectivity index (χ2v) is 5.05. The van der Waals surface area contributed by atoms with Crippen LogP contribution in [0.1, 0.15) is 54.0 Å². The van der Waals surface area contributed by atoms with E-state index < -0.39 is 5.97 Å². The normalized spacial score (nSPS) is 16.9. The maximum atomic E-state index is 10.8. The third-order valence-electron chi connectivity index (χ3n) is 3.49. The van der Waals surface area contributed by atoms with Crippen molar-refractivity contribution in [2.75, 3.05) is 6.61 Å². The molecule has 0 bridgehead atoms. The van der Waals surface area contributed by atoms with E-state index >= 15 is 0 Å². The topological polar surface area (TPSA) is 59.7 Å². The van der Waals surface area contributed by atoms with Gasteiger partial charge in [0.25, 0.3) is 0 Å². The Hall–Kier alpha value is -1.29. The molecule has 1 aromatic rings. The molecule has 18 heavy (non-hydrogen) atoms. The highest BCUT2D eigenvalue weighted by Crippen LogP contribution is 2.24. The van der Waals surface area contributed by atoms with E-state index in [0.29, 0.717) is 23.8 Å². The van der Waals surface area contributed by atoms with Crippen LogP contribution < -0.4 is 0 Å². The maximum absolute atomic E-state index is 10.8. The second kappa shape index (κ2) is 6.05. The summed E-state index contributed by atoms with van der Waals surface area (Å²) >= 11 is 0. The van der Waals surface area contributed by atoms with Gasteiger partial charge in [-0.25, -0.2) is 4.79 Å². The molecular formula is C14H20O4. The fourth-order valence-electron chi connectivity index (χ4n) is 2.51. The predicted octanol–water partition coefficient (Wildman–Crippen LogP) is 3.38. The fourth-order valence-corrected chi connectivity index (χ4v) is 2.51. The summed E-state index contributed by atoms with van der Waals surface area (Å²) in [6, 6.07) is 1.74. The van der Waals surface area contributed by atoms with Crippen molar-refractivity contribution >= 4 is 5.97 Å². The molecule has 1 aliphatic rings. The van der Waals surface area contributed by atoms with E-state index in [1.807, 2.05) is 0 Å². The Morgan fingerprint density at radius 2 is 2.17 bits per heavy atom. The third kappa shape index (κ3) is 3.35. The number of furan rings is 1. The molecule has 1 aliphatic carbocycles. The molecule has 2 rings (SSSR count). The first-order chi connectivity index (χ1) is 8.66. The van der Waals surface area contributed by atoms with Crippen LogP contribution in [0.5, 0.6) is 0 Å². The highest BCUT2D eigenvalue weighted by atomic mass is 16.5. The second-order valence-electron chi connectivity index (χ2n) is 5.05. The van der Waals surface area contributed by atoms with Crippen molar-refractivity contribution in [2.45, 2.75) is 45.6 Å². The molecule has 1 fully saturated rings. The Morgan fingerprint density at radius 3 is 2.78 bits per heavy atom. The highest BCUT2D eigenvalue weighted by molar-refractivity contribution is 5.86. The van der Waals surface area contributed by atoms with Gasteiger partial charge in [0.15, 0.2) is 0 Å². The van der Waals surface area contributed by atoms with E-state index in [1.54, 1.807) is 13.0 Å². The SMILES string of the molecule is Cc1cc(COCC2CCCCC2)oc1C(=O)O. The van der Waals surface area contributed by atoms with Gasteiger partial charge in [-0.15, -0.1) is 0 Å². The number of rotatable bonds is 5. The van der Waals surface area contributed by atoms with Crippen LogP contribution in [0.3, 0.4) is 0 Å². The minimum Gasteiger partial charge on any atom is -0.475 e. The standard InChI is InChI=1S/C14H20O4/c1-10-7-12(18-13(10)14(15)16)9-17-8-11-5-3-2-4-6-11/h7,11H,2-6,8-9H2,1H3,(H,15,16). The summed E-state index contributed by atoms with van der Waals surface area (Å²) < 4.78 is 10.9. The predicted molar refractivity (Wildman–Crippen MR) is 66.6 cm³/mol. The molecule has 100 valence electrons. The van der Waals surface area contributed by atoms with Gasteiger partial charge in [-0.05, 0) is 31.7 Å². The van der Waals surface area contributed by atoms with Crippen LogP contribution in [0, 0.1) is 12.8 Å². The lowest BCUT2D eigenvalue weighted by Crippen LogP contribution is -2.13. The van der Waals surface area contributed by atoms with Crippen molar-refractivity contribution in [3.63, 3.8) is 0 Å². The van der Waals surface area contributed by atoms with Crippen molar-refractivity contribution in [3.05, 3.63) is 23.2 Å². The summed E-state index contributed by atoms with van der Waals surface area (Å²) in [5.74, 6) is 0.256. The van der Waals surface area contributed by atoms with Gasteiger partial charge < -0.3 is 14.3 Å². The zero-order valence-electron chi connectivity index (χ0n) is 10.8. The molecule has 0 amide bonds. The summed E-state index contributed by atoms with van der Waals surface area (Å²) in [6.45, 7) is 2.85. The highest BCUT2D eigenvalue weighted by Gasteiger charge is 2.16. The van der Waals surface area contributed by atoms with Crippen LogP contribution in [0.2, 0.25) is 0 Å². The number of carboxylic acid groups (broad SMARTS) is 1. The number of ether oxygens (including phenoxy) is 1. The minimum absolute atomic E-state index is 0.0197. The summed E-state index contributed by atoms with van der Waals surface area (Å²) in [5.41, 5.74) is 0.652. The van der Waals surface area contributed by atoms with Gasteiger partial charge in [-0.2, -0.15) is 0 Å². The van der Waals surface area contributed by atoms with Crippen LogP contribution in [-0.4, -0.2) is 17.7 Å². The van der Waals surface area contributed by atoms with E-state index in [4.69, 9.17) is 14.3 Å². The van der Waals surface area contributed by atoms with E-state index in [0.717, 1.165) is 6.61 Å². The summed E-state index contributed by atoms with van der Waals surface area (Å²) in [4.78, 5) is 10.8. The monoisotopic (exact) mass is 252 g/mol. The lowest BCUT2D eigenvalue weighted by Gasteiger charge is -2.20. The number of hydrogen-bond donors (Lipinski definition) is 1. The van der Waals surface area contributed by atoms with E-state index in [2.05, 4.69) is 0 Å². The zero-order chi connectivity index (χ0) is 13.0. The number of hydrogen-bond acceptors (Lipinski definition) is 3. The number of carbonyl (C=O) groups is 1. The maximum Gasteiger partial charge on any atom is 0.372 e. The lowest BCUT2D eigenvalue weighted by atomic mass is 9.90. The molecule has 1 saturated carbocycles. The first-order valence-electron chi connectivity index (χ1n) is 6.57. The minimum atomic E-state index is -1.02. The molecule has 0 saturated heterocycles. The summed E-state index contributed by atoms with van der Waals surface area (Å²) in [6.07, 6.45) is 6.44. The quantitative estimate of drug-likeness (QED) is 0.872. The molecule has 0 aliphatic heterocycles. The summed E-state index contributed by atoms with van der Waals surface area (Å²) in [7, 11) is 0. The number of aryl methyl sites for hydroxylation is 1. The molecule has 4 nitrogen and oxygen atoms in total. The zero-order valence-corrected chi connectivity index (χ0v) is 10.8. The number of carboxylic acids is 1. The van der Waals surface area contributed by atoms with Crippen molar-refractivity contribution in [1.29, 1.82) is 0 Å². The molecule has 0 spiro atoms. The van der Waals surface area contributed by atoms with E-state index in [-0.39, 0.29) is 5.76 Å².